The molecule has 0 nitrogen and oxygen atoms in total. The van der Waals surface area contributed by atoms with Gasteiger partial charge in [-0.1, -0.05) is 50.5 Å². The first kappa shape index (κ1) is 13.5. The van der Waals surface area contributed by atoms with Crippen LogP contribution in [0.1, 0.15) is 65.2 Å². The fourth-order valence-electron chi connectivity index (χ4n) is 1.51. The summed E-state index contributed by atoms with van der Waals surface area (Å²) >= 11 is 0. The second-order valence-corrected chi connectivity index (χ2v) is 3.79. The fourth-order valence-corrected chi connectivity index (χ4v) is 1.51. The van der Waals surface area contributed by atoms with Crippen molar-refractivity contribution < 1.29 is 0 Å². The van der Waals surface area contributed by atoms with Crippen molar-refractivity contribution in [1.82, 2.24) is 0 Å². The summed E-state index contributed by atoms with van der Waals surface area (Å²) in [5.74, 6) is 0. The van der Waals surface area contributed by atoms with Crippen molar-refractivity contribution in [3.05, 3.63) is 24.3 Å². The van der Waals surface area contributed by atoms with Gasteiger partial charge < -0.3 is 0 Å². The predicted octanol–water partition coefficient (Wildman–Crippen LogP) is 5.26. The van der Waals surface area contributed by atoms with Gasteiger partial charge in [0, 0.05) is 0 Å². The highest BCUT2D eigenvalue weighted by Crippen LogP contribution is 2.07. The average molecular weight is 194 g/mol. The van der Waals surface area contributed by atoms with Gasteiger partial charge in [-0.3, -0.25) is 0 Å². The molecule has 0 aliphatic rings. The highest BCUT2D eigenvalue weighted by Gasteiger charge is 1.88. The molecule has 0 amide bonds. The molecule has 0 saturated carbocycles. The van der Waals surface area contributed by atoms with Crippen LogP contribution in [0.5, 0.6) is 0 Å². The highest BCUT2D eigenvalue weighted by molar-refractivity contribution is 4.79. The van der Waals surface area contributed by atoms with Crippen LogP contribution in [-0.2, 0) is 0 Å². The minimum Gasteiger partial charge on any atom is -0.0917 e. The van der Waals surface area contributed by atoms with Gasteiger partial charge in [0.1, 0.15) is 0 Å². The highest BCUT2D eigenvalue weighted by atomic mass is 13.9. The van der Waals surface area contributed by atoms with Crippen LogP contribution in [0.4, 0.5) is 0 Å². The van der Waals surface area contributed by atoms with Crippen molar-refractivity contribution in [1.29, 1.82) is 0 Å². The Morgan fingerprint density at radius 3 is 1.86 bits per heavy atom. The molecule has 0 heteroatoms. The zero-order chi connectivity index (χ0) is 10.5. The van der Waals surface area contributed by atoms with E-state index in [2.05, 4.69) is 38.2 Å². The van der Waals surface area contributed by atoms with Gasteiger partial charge in [0.25, 0.3) is 0 Å². The maximum atomic E-state index is 2.32. The molecule has 0 atom stereocenters. The number of hydrogen-bond donors (Lipinski definition) is 0. The van der Waals surface area contributed by atoms with Crippen LogP contribution in [-0.4, -0.2) is 0 Å². The van der Waals surface area contributed by atoms with E-state index in [4.69, 9.17) is 0 Å². The van der Waals surface area contributed by atoms with Gasteiger partial charge in [0.15, 0.2) is 0 Å². The van der Waals surface area contributed by atoms with Crippen molar-refractivity contribution in [2.24, 2.45) is 0 Å². The Balaban J connectivity index is 2.95. The third kappa shape index (κ3) is 11.5. The van der Waals surface area contributed by atoms with Crippen molar-refractivity contribution in [3.8, 4) is 0 Å². The molecule has 0 aromatic heterocycles. The largest absolute Gasteiger partial charge is 0.0917 e. The molecular formula is C14H26. The molecule has 0 radical (unpaired) electrons. The lowest BCUT2D eigenvalue weighted by molar-refractivity contribution is 0.621. The third-order valence-corrected chi connectivity index (χ3v) is 2.38. The van der Waals surface area contributed by atoms with Gasteiger partial charge in [0.05, 0.1) is 0 Å². The number of allylic oxidation sites excluding steroid dienone is 4. The van der Waals surface area contributed by atoms with Crippen LogP contribution in [0.2, 0.25) is 0 Å². The third-order valence-electron chi connectivity index (χ3n) is 2.38. The van der Waals surface area contributed by atoms with Crippen LogP contribution in [0.3, 0.4) is 0 Å². The molecule has 0 aromatic rings. The van der Waals surface area contributed by atoms with E-state index in [9.17, 15) is 0 Å². The van der Waals surface area contributed by atoms with Gasteiger partial charge in [-0.2, -0.15) is 0 Å². The summed E-state index contributed by atoms with van der Waals surface area (Å²) in [5, 5.41) is 0. The van der Waals surface area contributed by atoms with E-state index in [1.54, 1.807) is 0 Å². The smallest absolute Gasteiger partial charge is 0.0351 e. The Morgan fingerprint density at radius 1 is 0.714 bits per heavy atom. The number of unbranched alkanes of at least 4 members (excludes halogenated alkanes) is 6. The Morgan fingerprint density at radius 2 is 1.29 bits per heavy atom. The summed E-state index contributed by atoms with van der Waals surface area (Å²) < 4.78 is 0. The van der Waals surface area contributed by atoms with E-state index in [0.29, 0.717) is 0 Å². The van der Waals surface area contributed by atoms with Crippen molar-refractivity contribution >= 4 is 0 Å². The van der Waals surface area contributed by atoms with Gasteiger partial charge >= 0.3 is 0 Å². The monoisotopic (exact) mass is 194 g/mol. The minimum atomic E-state index is 1.18. The Hall–Kier alpha value is -0.520. The van der Waals surface area contributed by atoms with E-state index in [1.807, 2.05) is 0 Å². The fraction of sp³-hybridized carbons (Fsp3) is 0.714. The lowest BCUT2D eigenvalue weighted by Gasteiger charge is -1.97. The Labute approximate surface area is 90.1 Å². The zero-order valence-corrected chi connectivity index (χ0v) is 9.97. The molecule has 0 unspecified atom stereocenters. The predicted molar refractivity (Wildman–Crippen MR) is 66.6 cm³/mol. The normalized spacial score (nSPS) is 11.9. The number of hydrogen-bond acceptors (Lipinski definition) is 0. The van der Waals surface area contributed by atoms with Gasteiger partial charge in [-0.05, 0) is 39.0 Å². The van der Waals surface area contributed by atoms with Crippen LogP contribution in [0.25, 0.3) is 0 Å². The topological polar surface area (TPSA) is 0 Å². The molecule has 0 aliphatic heterocycles. The average Bonchev–Trinajstić information content (AvgIpc) is 2.21. The Bertz CT molecular complexity index is 142. The van der Waals surface area contributed by atoms with Crippen LogP contribution in [0, 0.1) is 0 Å². The first-order valence-electron chi connectivity index (χ1n) is 6.18. The van der Waals surface area contributed by atoms with Crippen LogP contribution < -0.4 is 0 Å². The van der Waals surface area contributed by atoms with E-state index in [1.165, 1.54) is 51.4 Å². The lowest BCUT2D eigenvalue weighted by Crippen LogP contribution is -1.78. The SMILES string of the molecule is CC=CCCCCCCCC=CCC. The quantitative estimate of drug-likeness (QED) is 0.347. The van der Waals surface area contributed by atoms with Crippen LogP contribution >= 0.6 is 0 Å². The van der Waals surface area contributed by atoms with Crippen molar-refractivity contribution in [3.63, 3.8) is 0 Å². The second-order valence-electron chi connectivity index (χ2n) is 3.79. The second kappa shape index (κ2) is 12.5. The van der Waals surface area contributed by atoms with Gasteiger partial charge in [0.2, 0.25) is 0 Å². The summed E-state index contributed by atoms with van der Waals surface area (Å²) in [7, 11) is 0. The molecule has 0 saturated heterocycles. The van der Waals surface area contributed by atoms with E-state index < -0.39 is 0 Å². The lowest BCUT2D eigenvalue weighted by atomic mass is 10.1. The molecule has 14 heavy (non-hydrogen) atoms. The van der Waals surface area contributed by atoms with Crippen LogP contribution in [0.15, 0.2) is 24.3 Å². The summed E-state index contributed by atoms with van der Waals surface area (Å²) in [6, 6.07) is 0. The molecule has 0 aliphatic carbocycles. The first-order chi connectivity index (χ1) is 6.91. The van der Waals surface area contributed by atoms with E-state index in [0.717, 1.165) is 0 Å². The van der Waals surface area contributed by atoms with Gasteiger partial charge in [-0.15, -0.1) is 0 Å². The molecule has 0 heterocycles. The Kier molecular flexibility index (Phi) is 12.0. The van der Waals surface area contributed by atoms with Gasteiger partial charge in [-0.25, -0.2) is 0 Å². The molecule has 0 bridgehead atoms. The maximum absolute atomic E-state index is 2.32. The zero-order valence-electron chi connectivity index (χ0n) is 9.97. The molecule has 0 N–H and O–H groups in total. The number of rotatable bonds is 9. The molecular weight excluding hydrogens is 168 g/mol. The van der Waals surface area contributed by atoms with E-state index in [-0.39, 0.29) is 0 Å². The standard InChI is InChI=1S/C14H26/c1-3-5-7-9-11-13-14-12-10-8-6-4-2/h3,5-6,8H,4,7,9-14H2,1-2H3. The molecule has 0 fully saturated rings. The molecule has 0 aromatic carbocycles. The van der Waals surface area contributed by atoms with Crippen molar-refractivity contribution in [2.45, 2.75) is 65.2 Å². The first-order valence-corrected chi connectivity index (χ1v) is 6.18. The minimum absolute atomic E-state index is 1.18. The molecule has 0 rings (SSSR count). The molecule has 82 valence electrons. The summed E-state index contributed by atoms with van der Waals surface area (Å²) in [6.07, 6.45) is 19.7. The molecule has 0 spiro atoms. The van der Waals surface area contributed by atoms with Crippen molar-refractivity contribution in [2.75, 3.05) is 0 Å². The maximum Gasteiger partial charge on any atom is -0.0351 e. The van der Waals surface area contributed by atoms with E-state index >= 15 is 0 Å². The summed E-state index contributed by atoms with van der Waals surface area (Å²) in [4.78, 5) is 0. The summed E-state index contributed by atoms with van der Waals surface area (Å²) in [5.41, 5.74) is 0. The summed E-state index contributed by atoms with van der Waals surface area (Å²) in [6.45, 7) is 4.29.